The third-order valence-electron chi connectivity index (χ3n) is 4.06. The predicted molar refractivity (Wildman–Crippen MR) is 111 cm³/mol. The number of hydrogen-bond donors (Lipinski definition) is 2. The maximum atomic E-state index is 12.2. The minimum Gasteiger partial charge on any atom is -0.465 e. The first-order chi connectivity index (χ1) is 14.3. The molecule has 30 heavy (non-hydrogen) atoms. The summed E-state index contributed by atoms with van der Waals surface area (Å²) in [6.45, 7) is 7.41. The van der Waals surface area contributed by atoms with Gasteiger partial charge in [0, 0.05) is 20.5 Å². The Balaban J connectivity index is 2.20. The molecule has 0 radical (unpaired) electrons. The standard InChI is InChI=1S/C19H30N6O5/c1-11(2)16(26)28-8-7-9-29-19(30-17(27)12(3)4)25-10-22-13-14(20-5)23-18(21-6)24-15(13)25/h10-12,19H,7-9H2,1-6H3,(H2,20,21,23,24). The molecule has 0 saturated heterocycles. The van der Waals surface area contributed by atoms with Crippen LogP contribution in [0.15, 0.2) is 6.33 Å². The number of imidazole rings is 1. The van der Waals surface area contributed by atoms with E-state index in [0.29, 0.717) is 29.4 Å². The maximum Gasteiger partial charge on any atom is 0.312 e. The minimum absolute atomic E-state index is 0.189. The molecule has 1 atom stereocenters. The Kier molecular flexibility index (Phi) is 8.34. The van der Waals surface area contributed by atoms with E-state index in [4.69, 9.17) is 14.2 Å². The normalized spacial score (nSPS) is 12.3. The molecular formula is C19H30N6O5. The number of ether oxygens (including phenoxy) is 3. The Hall–Kier alpha value is -2.95. The third-order valence-corrected chi connectivity index (χ3v) is 4.06. The molecule has 0 aromatic carbocycles. The lowest BCUT2D eigenvalue weighted by atomic mass is 10.2. The molecule has 0 aliphatic rings. The summed E-state index contributed by atoms with van der Waals surface area (Å²) < 4.78 is 18.0. The summed E-state index contributed by atoms with van der Waals surface area (Å²) in [6.07, 6.45) is 0.853. The van der Waals surface area contributed by atoms with Crippen LogP contribution in [-0.4, -0.2) is 58.8 Å². The van der Waals surface area contributed by atoms with Crippen molar-refractivity contribution in [2.75, 3.05) is 37.9 Å². The largest absolute Gasteiger partial charge is 0.465 e. The van der Waals surface area contributed by atoms with Crippen molar-refractivity contribution in [3.05, 3.63) is 6.33 Å². The second-order valence-electron chi connectivity index (χ2n) is 7.17. The highest BCUT2D eigenvalue weighted by Gasteiger charge is 2.23. The van der Waals surface area contributed by atoms with Crippen molar-refractivity contribution >= 4 is 34.9 Å². The second kappa shape index (κ2) is 10.7. The van der Waals surface area contributed by atoms with E-state index >= 15 is 0 Å². The third kappa shape index (κ3) is 5.78. The number of aromatic nitrogens is 4. The molecule has 11 nitrogen and oxygen atoms in total. The van der Waals surface area contributed by atoms with Gasteiger partial charge in [-0.15, -0.1) is 0 Å². The molecule has 166 valence electrons. The zero-order valence-corrected chi connectivity index (χ0v) is 18.3. The summed E-state index contributed by atoms with van der Waals surface area (Å²) in [7, 11) is 3.43. The van der Waals surface area contributed by atoms with Gasteiger partial charge in [-0.1, -0.05) is 27.7 Å². The van der Waals surface area contributed by atoms with Crippen LogP contribution < -0.4 is 10.6 Å². The van der Waals surface area contributed by atoms with E-state index in [2.05, 4.69) is 25.6 Å². The van der Waals surface area contributed by atoms with E-state index < -0.39 is 12.4 Å². The molecular weight excluding hydrogens is 392 g/mol. The zero-order valence-electron chi connectivity index (χ0n) is 18.3. The van der Waals surface area contributed by atoms with Gasteiger partial charge < -0.3 is 24.8 Å². The van der Waals surface area contributed by atoms with Crippen LogP contribution in [0.4, 0.5) is 11.8 Å². The summed E-state index contributed by atoms with van der Waals surface area (Å²) in [6, 6.07) is 0. The number of rotatable bonds is 11. The fourth-order valence-electron chi connectivity index (χ4n) is 2.35. The van der Waals surface area contributed by atoms with Crippen LogP contribution in [0.1, 0.15) is 40.5 Å². The van der Waals surface area contributed by atoms with Gasteiger partial charge >= 0.3 is 11.9 Å². The lowest BCUT2D eigenvalue weighted by Crippen LogP contribution is -2.24. The van der Waals surface area contributed by atoms with Crippen molar-refractivity contribution in [3.8, 4) is 0 Å². The molecule has 0 aliphatic carbocycles. The highest BCUT2D eigenvalue weighted by molar-refractivity contribution is 5.84. The number of nitrogens with one attached hydrogen (secondary N) is 2. The highest BCUT2D eigenvalue weighted by atomic mass is 16.7. The fourth-order valence-corrected chi connectivity index (χ4v) is 2.35. The fraction of sp³-hybridized carbons (Fsp3) is 0.632. The molecule has 0 saturated carbocycles. The predicted octanol–water partition coefficient (Wildman–Crippen LogP) is 2.17. The average molecular weight is 422 g/mol. The van der Waals surface area contributed by atoms with E-state index in [0.717, 1.165) is 0 Å². The van der Waals surface area contributed by atoms with E-state index in [1.807, 2.05) is 0 Å². The number of carbonyl (C=O) groups is 2. The first kappa shape index (κ1) is 23.3. The quantitative estimate of drug-likeness (QED) is 0.316. The van der Waals surface area contributed by atoms with Crippen LogP contribution in [-0.2, 0) is 23.8 Å². The lowest BCUT2D eigenvalue weighted by Gasteiger charge is -2.21. The van der Waals surface area contributed by atoms with E-state index in [-0.39, 0.29) is 31.0 Å². The molecule has 1 unspecified atom stereocenters. The number of esters is 2. The van der Waals surface area contributed by atoms with Gasteiger partial charge in [0.15, 0.2) is 17.0 Å². The molecule has 0 fully saturated rings. The maximum absolute atomic E-state index is 12.2. The number of anilines is 2. The molecule has 2 N–H and O–H groups in total. The van der Waals surface area contributed by atoms with Gasteiger partial charge in [0.25, 0.3) is 6.41 Å². The Morgan fingerprint density at radius 3 is 2.33 bits per heavy atom. The molecule has 2 heterocycles. The Bertz CT molecular complexity index is 866. The summed E-state index contributed by atoms with van der Waals surface area (Å²) >= 11 is 0. The summed E-state index contributed by atoms with van der Waals surface area (Å²) in [5, 5.41) is 5.86. The van der Waals surface area contributed by atoms with Gasteiger partial charge in [-0.05, 0) is 0 Å². The molecule has 2 rings (SSSR count). The summed E-state index contributed by atoms with van der Waals surface area (Å²) in [4.78, 5) is 36.8. The molecule has 0 amide bonds. The topological polar surface area (TPSA) is 129 Å². The molecule has 0 aliphatic heterocycles. The van der Waals surface area contributed by atoms with Crippen LogP contribution in [0.25, 0.3) is 11.2 Å². The van der Waals surface area contributed by atoms with Crippen molar-refractivity contribution in [2.24, 2.45) is 11.8 Å². The number of fused-ring (bicyclic) bond motifs is 1. The van der Waals surface area contributed by atoms with Gasteiger partial charge in [0.05, 0.1) is 25.0 Å². The first-order valence-corrected chi connectivity index (χ1v) is 9.87. The van der Waals surface area contributed by atoms with Gasteiger partial charge in [0.2, 0.25) is 5.95 Å². The number of hydrogen-bond acceptors (Lipinski definition) is 10. The number of nitrogens with zero attached hydrogens (tertiary/aromatic N) is 4. The van der Waals surface area contributed by atoms with E-state index in [1.165, 1.54) is 10.9 Å². The molecule has 0 bridgehead atoms. The highest BCUT2D eigenvalue weighted by Crippen LogP contribution is 2.25. The van der Waals surface area contributed by atoms with Crippen molar-refractivity contribution in [1.82, 2.24) is 19.5 Å². The van der Waals surface area contributed by atoms with Gasteiger partial charge in [0.1, 0.15) is 6.33 Å². The van der Waals surface area contributed by atoms with Gasteiger partial charge in [-0.3, -0.25) is 14.2 Å². The first-order valence-electron chi connectivity index (χ1n) is 9.87. The lowest BCUT2D eigenvalue weighted by molar-refractivity contribution is -0.205. The van der Waals surface area contributed by atoms with Gasteiger partial charge in [-0.25, -0.2) is 4.98 Å². The van der Waals surface area contributed by atoms with Crippen LogP contribution in [0.2, 0.25) is 0 Å². The van der Waals surface area contributed by atoms with Crippen LogP contribution in [0, 0.1) is 11.8 Å². The number of carbonyl (C=O) groups excluding carboxylic acids is 2. The SMILES string of the molecule is CNc1nc(NC)c2ncn(C(OCCCOC(=O)C(C)C)OC(=O)C(C)C)c2n1. The van der Waals surface area contributed by atoms with Crippen molar-refractivity contribution in [2.45, 2.75) is 40.5 Å². The van der Waals surface area contributed by atoms with Crippen LogP contribution >= 0.6 is 0 Å². The monoisotopic (exact) mass is 422 g/mol. The molecule has 2 aromatic heterocycles. The average Bonchev–Trinajstić information content (AvgIpc) is 3.15. The second-order valence-corrected chi connectivity index (χ2v) is 7.17. The van der Waals surface area contributed by atoms with Crippen molar-refractivity contribution in [3.63, 3.8) is 0 Å². The smallest absolute Gasteiger partial charge is 0.312 e. The summed E-state index contributed by atoms with van der Waals surface area (Å²) in [5.74, 6) is -0.321. The Morgan fingerprint density at radius 2 is 1.73 bits per heavy atom. The molecule has 0 spiro atoms. The van der Waals surface area contributed by atoms with Crippen LogP contribution in [0.5, 0.6) is 0 Å². The van der Waals surface area contributed by atoms with E-state index in [9.17, 15) is 9.59 Å². The minimum atomic E-state index is -1.07. The van der Waals surface area contributed by atoms with Crippen LogP contribution in [0.3, 0.4) is 0 Å². The summed E-state index contributed by atoms with van der Waals surface area (Å²) in [5.41, 5.74) is 0.947. The van der Waals surface area contributed by atoms with Gasteiger partial charge in [-0.2, -0.15) is 9.97 Å². The molecule has 11 heteroatoms. The zero-order chi connectivity index (χ0) is 22.3. The Labute approximate surface area is 175 Å². The van der Waals surface area contributed by atoms with Crippen molar-refractivity contribution < 1.29 is 23.8 Å². The van der Waals surface area contributed by atoms with Crippen molar-refractivity contribution in [1.29, 1.82) is 0 Å². The van der Waals surface area contributed by atoms with E-state index in [1.54, 1.807) is 41.8 Å². The molecule has 2 aromatic rings. The Morgan fingerprint density at radius 1 is 1.03 bits per heavy atom.